The molecule has 0 spiro atoms. The van der Waals surface area contributed by atoms with Gasteiger partial charge >= 0.3 is 0 Å². The van der Waals surface area contributed by atoms with E-state index >= 15 is 0 Å². The zero-order valence-corrected chi connectivity index (χ0v) is 10.9. The molecule has 86 valence electrons. The van der Waals surface area contributed by atoms with Gasteiger partial charge in [-0.15, -0.1) is 22.7 Å². The highest BCUT2D eigenvalue weighted by Gasteiger charge is 2.11. The van der Waals surface area contributed by atoms with Crippen LogP contribution in [0.3, 0.4) is 0 Å². The van der Waals surface area contributed by atoms with Gasteiger partial charge in [-0.2, -0.15) is 0 Å². The molecule has 0 saturated carbocycles. The maximum Gasteiger partial charge on any atom is 0.0556 e. The molecule has 1 atom stereocenters. The minimum absolute atomic E-state index is 0.279. The molecule has 0 bridgehead atoms. The molecule has 2 nitrogen and oxygen atoms in total. The van der Waals surface area contributed by atoms with Gasteiger partial charge in [0.25, 0.3) is 0 Å². The molecule has 0 aliphatic carbocycles. The number of thiophene rings is 2. The van der Waals surface area contributed by atoms with E-state index in [4.69, 9.17) is 5.84 Å². The van der Waals surface area contributed by atoms with Crippen molar-refractivity contribution in [2.45, 2.75) is 25.8 Å². The summed E-state index contributed by atoms with van der Waals surface area (Å²) in [5.41, 5.74) is 2.91. The molecular formula is C12H16N2S2. The first-order valence-corrected chi connectivity index (χ1v) is 7.04. The molecule has 0 aliphatic heterocycles. The number of hydrogen-bond acceptors (Lipinski definition) is 4. The van der Waals surface area contributed by atoms with Crippen LogP contribution in [0, 0.1) is 6.92 Å². The summed E-state index contributed by atoms with van der Waals surface area (Å²) >= 11 is 3.63. The van der Waals surface area contributed by atoms with Crippen LogP contribution in [0.15, 0.2) is 29.6 Å². The summed E-state index contributed by atoms with van der Waals surface area (Å²) in [5, 5.41) is 2.12. The predicted molar refractivity (Wildman–Crippen MR) is 71.8 cm³/mol. The van der Waals surface area contributed by atoms with Gasteiger partial charge in [-0.25, -0.2) is 0 Å². The van der Waals surface area contributed by atoms with Crippen LogP contribution in [-0.4, -0.2) is 0 Å². The Morgan fingerprint density at radius 2 is 2.25 bits per heavy atom. The highest BCUT2D eigenvalue weighted by Crippen LogP contribution is 2.26. The molecule has 0 saturated heterocycles. The van der Waals surface area contributed by atoms with Crippen LogP contribution in [0.4, 0.5) is 0 Å². The largest absolute Gasteiger partial charge is 0.271 e. The van der Waals surface area contributed by atoms with Gasteiger partial charge in [0.2, 0.25) is 0 Å². The zero-order chi connectivity index (χ0) is 11.4. The van der Waals surface area contributed by atoms with Crippen molar-refractivity contribution in [3.8, 4) is 0 Å². The van der Waals surface area contributed by atoms with Crippen molar-refractivity contribution < 1.29 is 0 Å². The number of aryl methyl sites for hydroxylation is 2. The van der Waals surface area contributed by atoms with Gasteiger partial charge < -0.3 is 0 Å². The molecule has 0 amide bonds. The molecule has 2 rings (SSSR count). The maximum atomic E-state index is 5.61. The summed E-state index contributed by atoms with van der Waals surface area (Å²) in [6.07, 6.45) is 2.14. The van der Waals surface area contributed by atoms with Crippen molar-refractivity contribution in [2.24, 2.45) is 5.84 Å². The number of hydrogen-bond donors (Lipinski definition) is 2. The summed E-state index contributed by atoms with van der Waals surface area (Å²) in [6, 6.07) is 8.87. The Kier molecular flexibility index (Phi) is 4.12. The fourth-order valence-corrected chi connectivity index (χ4v) is 3.39. The molecule has 4 heteroatoms. The Hall–Kier alpha value is -0.680. The van der Waals surface area contributed by atoms with E-state index in [1.54, 1.807) is 0 Å². The van der Waals surface area contributed by atoms with Crippen molar-refractivity contribution in [1.29, 1.82) is 0 Å². The van der Waals surface area contributed by atoms with Gasteiger partial charge in [-0.3, -0.25) is 11.3 Å². The Labute approximate surface area is 104 Å². The second-order valence-corrected chi connectivity index (χ2v) is 6.14. The van der Waals surface area contributed by atoms with Crippen LogP contribution in [0.25, 0.3) is 0 Å². The van der Waals surface area contributed by atoms with Gasteiger partial charge in [0.1, 0.15) is 0 Å². The molecule has 0 aliphatic rings. The second-order valence-electron chi connectivity index (χ2n) is 3.79. The van der Waals surface area contributed by atoms with Crippen LogP contribution in [-0.2, 0) is 6.42 Å². The van der Waals surface area contributed by atoms with Crippen LogP contribution in [0.2, 0.25) is 0 Å². The summed E-state index contributed by atoms with van der Waals surface area (Å²) in [6.45, 7) is 2.13. The van der Waals surface area contributed by atoms with E-state index in [9.17, 15) is 0 Å². The first kappa shape index (κ1) is 11.8. The average Bonchev–Trinajstić information content (AvgIpc) is 2.91. The molecule has 2 aromatic heterocycles. The van der Waals surface area contributed by atoms with Gasteiger partial charge in [0.05, 0.1) is 6.04 Å². The molecule has 2 aromatic rings. The second kappa shape index (κ2) is 5.59. The number of nitrogens with one attached hydrogen (secondary N) is 1. The van der Waals surface area contributed by atoms with Crippen molar-refractivity contribution in [2.75, 3.05) is 0 Å². The molecular weight excluding hydrogens is 236 g/mol. The molecule has 0 radical (unpaired) electrons. The maximum absolute atomic E-state index is 5.61. The van der Waals surface area contributed by atoms with Crippen LogP contribution in [0.1, 0.15) is 27.1 Å². The normalized spacial score (nSPS) is 12.9. The van der Waals surface area contributed by atoms with Crippen molar-refractivity contribution in [3.05, 3.63) is 44.3 Å². The third-order valence-electron chi connectivity index (χ3n) is 2.57. The van der Waals surface area contributed by atoms with Gasteiger partial charge in [-0.05, 0) is 43.3 Å². The third kappa shape index (κ3) is 2.92. The van der Waals surface area contributed by atoms with Crippen LogP contribution >= 0.6 is 22.7 Å². The SMILES string of the molecule is Cc1ccc(C(CCc2cccs2)NN)s1. The quantitative estimate of drug-likeness (QED) is 0.633. The first-order chi connectivity index (χ1) is 7.79. The topological polar surface area (TPSA) is 38.0 Å². The molecule has 3 N–H and O–H groups in total. The predicted octanol–water partition coefficient (Wildman–Crippen LogP) is 3.26. The van der Waals surface area contributed by atoms with Gasteiger partial charge in [0.15, 0.2) is 0 Å². The average molecular weight is 252 g/mol. The zero-order valence-electron chi connectivity index (χ0n) is 9.27. The smallest absolute Gasteiger partial charge is 0.0556 e. The molecule has 1 unspecified atom stereocenters. The lowest BCUT2D eigenvalue weighted by Crippen LogP contribution is -2.27. The molecule has 0 aromatic carbocycles. The van der Waals surface area contributed by atoms with E-state index in [-0.39, 0.29) is 6.04 Å². The summed E-state index contributed by atoms with van der Waals surface area (Å²) in [7, 11) is 0. The fraction of sp³-hybridized carbons (Fsp3) is 0.333. The van der Waals surface area contributed by atoms with E-state index in [1.165, 1.54) is 14.6 Å². The summed E-state index contributed by atoms with van der Waals surface area (Å²) in [5.74, 6) is 5.61. The highest BCUT2D eigenvalue weighted by molar-refractivity contribution is 7.12. The summed E-state index contributed by atoms with van der Waals surface area (Å²) < 4.78 is 0. The lowest BCUT2D eigenvalue weighted by molar-refractivity contribution is 0.526. The lowest BCUT2D eigenvalue weighted by Gasteiger charge is -2.13. The van der Waals surface area contributed by atoms with E-state index < -0.39 is 0 Å². The Morgan fingerprint density at radius 3 is 2.81 bits per heavy atom. The van der Waals surface area contributed by atoms with Crippen LogP contribution in [0.5, 0.6) is 0 Å². The number of rotatable bonds is 5. The van der Waals surface area contributed by atoms with E-state index in [0.717, 1.165) is 12.8 Å². The highest BCUT2D eigenvalue weighted by atomic mass is 32.1. The summed E-state index contributed by atoms with van der Waals surface area (Å²) in [4.78, 5) is 4.09. The van der Waals surface area contributed by atoms with Crippen molar-refractivity contribution in [1.82, 2.24) is 5.43 Å². The molecule has 2 heterocycles. The van der Waals surface area contributed by atoms with Gasteiger partial charge in [0, 0.05) is 14.6 Å². The minimum atomic E-state index is 0.279. The fourth-order valence-electron chi connectivity index (χ4n) is 1.69. The Bertz CT molecular complexity index is 420. The van der Waals surface area contributed by atoms with Crippen LogP contribution < -0.4 is 11.3 Å². The number of hydrazine groups is 1. The van der Waals surface area contributed by atoms with E-state index in [2.05, 4.69) is 42.0 Å². The van der Waals surface area contributed by atoms with Gasteiger partial charge in [-0.1, -0.05) is 6.07 Å². The van der Waals surface area contributed by atoms with Crippen molar-refractivity contribution in [3.63, 3.8) is 0 Å². The number of nitrogens with two attached hydrogens (primary N) is 1. The first-order valence-electron chi connectivity index (χ1n) is 5.34. The molecule has 16 heavy (non-hydrogen) atoms. The minimum Gasteiger partial charge on any atom is -0.271 e. The monoisotopic (exact) mass is 252 g/mol. The standard InChI is InChI=1S/C12H16N2S2/c1-9-4-7-12(16-9)11(14-13)6-5-10-3-2-8-15-10/h2-4,7-8,11,14H,5-6,13H2,1H3. The molecule has 0 fully saturated rings. The lowest BCUT2D eigenvalue weighted by atomic mass is 10.1. The Morgan fingerprint density at radius 1 is 1.38 bits per heavy atom. The van der Waals surface area contributed by atoms with Crippen molar-refractivity contribution >= 4 is 22.7 Å². The van der Waals surface area contributed by atoms with E-state index in [0.29, 0.717) is 0 Å². The Balaban J connectivity index is 1.96. The third-order valence-corrected chi connectivity index (χ3v) is 4.62. The van der Waals surface area contributed by atoms with E-state index in [1.807, 2.05) is 22.7 Å².